The van der Waals surface area contributed by atoms with Crippen LogP contribution in [0.3, 0.4) is 0 Å². The van der Waals surface area contributed by atoms with E-state index in [2.05, 4.69) is 26.7 Å². The van der Waals surface area contributed by atoms with Gasteiger partial charge in [0.05, 0.1) is 11.4 Å². The first-order chi connectivity index (χ1) is 18.1. The second kappa shape index (κ2) is 11.3. The van der Waals surface area contributed by atoms with Gasteiger partial charge in [-0.1, -0.05) is 86.0 Å². The smallest absolute Gasteiger partial charge is 0.291 e. The number of hydrogen-bond acceptors (Lipinski definition) is 6. The van der Waals surface area contributed by atoms with Gasteiger partial charge in [-0.25, -0.2) is 4.99 Å². The van der Waals surface area contributed by atoms with E-state index in [1.807, 2.05) is 66.7 Å². The minimum atomic E-state index is -1.16. The summed E-state index contributed by atoms with van der Waals surface area (Å²) in [5, 5.41) is 14.9. The van der Waals surface area contributed by atoms with Crippen molar-refractivity contribution in [1.82, 2.24) is 5.32 Å². The minimum Gasteiger partial charge on any atom is -0.407 e. The van der Waals surface area contributed by atoms with E-state index in [9.17, 15) is 4.79 Å². The van der Waals surface area contributed by atoms with E-state index in [4.69, 9.17) is 15.9 Å². The van der Waals surface area contributed by atoms with Gasteiger partial charge in [-0.15, -0.1) is 0 Å². The highest BCUT2D eigenvalue weighted by molar-refractivity contribution is 6.19. The highest BCUT2D eigenvalue weighted by Gasteiger charge is 2.26. The van der Waals surface area contributed by atoms with Crippen molar-refractivity contribution in [2.75, 3.05) is 5.32 Å². The van der Waals surface area contributed by atoms with Crippen LogP contribution in [0.4, 0.5) is 5.69 Å². The highest BCUT2D eigenvalue weighted by Crippen LogP contribution is 2.25. The molecule has 37 heavy (non-hydrogen) atoms. The average molecular weight is 497 g/mol. The van der Waals surface area contributed by atoms with Crippen molar-refractivity contribution in [3.63, 3.8) is 0 Å². The number of rotatable bonds is 5. The highest BCUT2D eigenvalue weighted by atomic mass is 16.5. The van der Waals surface area contributed by atoms with E-state index in [1.54, 1.807) is 0 Å². The minimum absolute atomic E-state index is 0.113. The molecule has 0 bridgehead atoms. The lowest BCUT2D eigenvalue weighted by Crippen LogP contribution is -2.39. The summed E-state index contributed by atoms with van der Waals surface area (Å²) < 4.78 is 5.51. The number of hydrogen-bond donors (Lipinski definition) is 4. The van der Waals surface area contributed by atoms with Crippen LogP contribution in [0.1, 0.15) is 49.7 Å². The summed E-state index contributed by atoms with van der Waals surface area (Å²) >= 11 is 0. The Morgan fingerprint density at radius 3 is 2.59 bits per heavy atom. The van der Waals surface area contributed by atoms with Gasteiger partial charge < -0.3 is 21.1 Å². The molecular weight excluding hydrogens is 464 g/mol. The van der Waals surface area contributed by atoms with Crippen LogP contribution in [0.15, 0.2) is 88.4 Å². The number of aliphatic imine (C=N–C) groups is 2. The van der Waals surface area contributed by atoms with Crippen LogP contribution in [0.5, 0.6) is 0 Å². The number of amidine groups is 1. The summed E-state index contributed by atoms with van der Waals surface area (Å²) in [6.07, 6.45) is 11.9. The molecule has 1 heterocycles. The molecule has 1 saturated carbocycles. The van der Waals surface area contributed by atoms with E-state index in [0.717, 1.165) is 17.5 Å². The number of para-hydroxylation sites is 1. The molecule has 2 aromatic carbocycles. The number of anilines is 1. The van der Waals surface area contributed by atoms with Crippen LogP contribution >= 0.6 is 0 Å². The standard InChI is InChI=1S/C29H32N6O2/c30-26(20-15-17-22(18-16-20)32-21-11-5-2-6-12-21)37-29(31)35-27-28(36)33-24-14-8-7-13-23(24)25(34-27)19-9-3-1-4-10-19/h1,3-4,7-10,13-17,21-22,27,30,32H,2,5-6,11-12,18H2,(H2,31,35)(H,33,36). The van der Waals surface area contributed by atoms with Crippen molar-refractivity contribution in [2.24, 2.45) is 15.7 Å². The molecule has 8 heteroatoms. The molecule has 2 unspecified atom stereocenters. The molecule has 1 fully saturated rings. The first-order valence-corrected chi connectivity index (χ1v) is 12.8. The van der Waals surface area contributed by atoms with Gasteiger partial charge >= 0.3 is 0 Å². The third-order valence-electron chi connectivity index (χ3n) is 6.85. The van der Waals surface area contributed by atoms with Crippen molar-refractivity contribution < 1.29 is 9.53 Å². The maximum atomic E-state index is 13.0. The van der Waals surface area contributed by atoms with Gasteiger partial charge in [-0.3, -0.25) is 10.2 Å². The Labute approximate surface area is 216 Å². The first-order valence-electron chi connectivity index (χ1n) is 12.8. The van der Waals surface area contributed by atoms with Gasteiger partial charge in [0, 0.05) is 28.8 Å². The van der Waals surface area contributed by atoms with Gasteiger partial charge in [0.25, 0.3) is 11.9 Å². The van der Waals surface area contributed by atoms with E-state index >= 15 is 0 Å². The molecule has 8 nitrogen and oxygen atoms in total. The Morgan fingerprint density at radius 2 is 1.84 bits per heavy atom. The zero-order valence-electron chi connectivity index (χ0n) is 20.7. The van der Waals surface area contributed by atoms with Crippen molar-refractivity contribution in [1.29, 1.82) is 5.41 Å². The van der Waals surface area contributed by atoms with Crippen molar-refractivity contribution >= 4 is 29.2 Å². The second-order valence-electron chi connectivity index (χ2n) is 9.51. The molecule has 0 saturated heterocycles. The third kappa shape index (κ3) is 6.03. The molecule has 0 aromatic heterocycles. The Morgan fingerprint density at radius 1 is 1.08 bits per heavy atom. The lowest BCUT2D eigenvalue weighted by molar-refractivity contribution is -0.117. The fourth-order valence-electron chi connectivity index (χ4n) is 4.95. The average Bonchev–Trinajstić information content (AvgIpc) is 3.06. The van der Waals surface area contributed by atoms with Crippen molar-refractivity contribution in [2.45, 2.75) is 56.8 Å². The largest absolute Gasteiger partial charge is 0.407 e. The van der Waals surface area contributed by atoms with Gasteiger partial charge in [0.1, 0.15) is 0 Å². The Bertz CT molecular complexity index is 1270. The summed E-state index contributed by atoms with van der Waals surface area (Å²) in [6, 6.07) is 17.6. The molecule has 190 valence electrons. The molecule has 0 spiro atoms. The number of amides is 1. The number of carbonyl (C=O) groups excluding carboxylic acids is 1. The summed E-state index contributed by atoms with van der Waals surface area (Å²) in [7, 11) is 0. The third-order valence-corrected chi connectivity index (χ3v) is 6.85. The number of fused-ring (bicyclic) bond motifs is 1. The second-order valence-corrected chi connectivity index (χ2v) is 9.51. The number of benzodiazepines with no additional fused rings is 1. The SMILES string of the molecule is N=C(OC(N)=NC1N=C(c2ccccc2)c2ccccc2NC1=O)C1=CCC(NC2CCCCC2)C=C1. The monoisotopic (exact) mass is 496 g/mol. The topological polar surface area (TPSA) is 125 Å². The van der Waals surface area contributed by atoms with E-state index in [0.29, 0.717) is 23.0 Å². The van der Waals surface area contributed by atoms with Crippen LogP contribution in [-0.4, -0.2) is 41.8 Å². The van der Waals surface area contributed by atoms with Crippen LogP contribution in [0.25, 0.3) is 0 Å². The molecule has 1 aliphatic heterocycles. The fourth-order valence-corrected chi connectivity index (χ4v) is 4.95. The number of nitrogens with two attached hydrogens (primary N) is 1. The number of carbonyl (C=O) groups is 1. The van der Waals surface area contributed by atoms with E-state index < -0.39 is 12.1 Å². The zero-order chi connectivity index (χ0) is 25.6. The van der Waals surface area contributed by atoms with Crippen molar-refractivity contribution in [3.05, 3.63) is 89.5 Å². The maximum absolute atomic E-state index is 13.0. The molecule has 1 amide bonds. The number of benzene rings is 2. The number of nitrogens with zero attached hydrogens (tertiary/aromatic N) is 2. The van der Waals surface area contributed by atoms with Gasteiger partial charge in [-0.2, -0.15) is 4.99 Å². The molecular formula is C29H32N6O2. The van der Waals surface area contributed by atoms with Crippen LogP contribution in [0, 0.1) is 5.41 Å². The van der Waals surface area contributed by atoms with E-state index in [-0.39, 0.29) is 18.0 Å². The molecule has 3 aliphatic rings. The van der Waals surface area contributed by atoms with Gasteiger partial charge in [0.2, 0.25) is 12.1 Å². The first kappa shape index (κ1) is 24.6. The molecule has 2 atom stereocenters. The van der Waals surface area contributed by atoms with Gasteiger partial charge in [-0.05, 0) is 25.3 Å². The lowest BCUT2D eigenvalue weighted by Gasteiger charge is -2.27. The van der Waals surface area contributed by atoms with E-state index in [1.165, 1.54) is 32.1 Å². The summed E-state index contributed by atoms with van der Waals surface area (Å²) in [5.41, 5.74) is 9.59. The van der Waals surface area contributed by atoms with Gasteiger partial charge in [0.15, 0.2) is 0 Å². The normalized spacial score (nSPS) is 22.3. The molecule has 5 N–H and O–H groups in total. The van der Waals surface area contributed by atoms with Crippen LogP contribution in [-0.2, 0) is 9.53 Å². The molecule has 2 aromatic rings. The zero-order valence-corrected chi connectivity index (χ0v) is 20.7. The number of ether oxygens (including phenoxy) is 1. The summed E-state index contributed by atoms with van der Waals surface area (Å²) in [4.78, 5) is 21.8. The maximum Gasteiger partial charge on any atom is 0.291 e. The molecule has 5 rings (SSSR count). The summed E-state index contributed by atoms with van der Waals surface area (Å²) in [5.74, 6) is -0.539. The Hall–Kier alpha value is -4.04. The van der Waals surface area contributed by atoms with Crippen LogP contribution < -0.4 is 16.4 Å². The molecule has 2 aliphatic carbocycles. The number of nitrogens with one attached hydrogen (secondary N) is 3. The molecule has 0 radical (unpaired) electrons. The lowest BCUT2D eigenvalue weighted by atomic mass is 9.93. The summed E-state index contributed by atoms with van der Waals surface area (Å²) in [6.45, 7) is 0. The van der Waals surface area contributed by atoms with Crippen LogP contribution in [0.2, 0.25) is 0 Å². The van der Waals surface area contributed by atoms with Crippen molar-refractivity contribution in [3.8, 4) is 0 Å². The predicted octanol–water partition coefficient (Wildman–Crippen LogP) is 4.29. The Balaban J connectivity index is 1.28. The predicted molar refractivity (Wildman–Crippen MR) is 147 cm³/mol. The Kier molecular flexibility index (Phi) is 7.56. The fraction of sp³-hybridized carbons (Fsp3) is 0.310. The quantitative estimate of drug-likeness (QED) is 0.364.